The highest BCUT2D eigenvalue weighted by Gasteiger charge is 2.10. The zero-order chi connectivity index (χ0) is 15.8. The van der Waals surface area contributed by atoms with Gasteiger partial charge in [0, 0.05) is 38.4 Å². The van der Waals surface area contributed by atoms with Gasteiger partial charge in [-0.15, -0.1) is 0 Å². The number of carbonyl (C=O) groups is 1. The first-order valence-corrected chi connectivity index (χ1v) is 7.67. The molecule has 4 heteroatoms. The molecule has 0 atom stereocenters. The minimum atomic E-state index is 0.174. The molecule has 2 rings (SSSR count). The van der Waals surface area contributed by atoms with Crippen molar-refractivity contribution < 1.29 is 4.79 Å². The van der Waals surface area contributed by atoms with Crippen LogP contribution in [0.5, 0.6) is 0 Å². The number of carbonyl (C=O) groups excluding carboxylic acids is 1. The summed E-state index contributed by atoms with van der Waals surface area (Å²) in [5, 5.41) is 0. The smallest absolute Gasteiger partial charge is 0.224 e. The van der Waals surface area contributed by atoms with Gasteiger partial charge < -0.3 is 9.47 Å². The number of benzene rings is 1. The van der Waals surface area contributed by atoms with E-state index in [1.54, 1.807) is 6.20 Å². The molecule has 0 radical (unpaired) electrons. The summed E-state index contributed by atoms with van der Waals surface area (Å²) in [5.74, 6) is 1.12. The third kappa shape index (κ3) is 4.58. The molecular formula is C18H23N3O. The van der Waals surface area contributed by atoms with Gasteiger partial charge in [-0.3, -0.25) is 4.79 Å². The summed E-state index contributed by atoms with van der Waals surface area (Å²) in [6, 6.07) is 10.1. The van der Waals surface area contributed by atoms with E-state index in [2.05, 4.69) is 23.2 Å². The molecule has 0 spiro atoms. The van der Waals surface area contributed by atoms with E-state index < -0.39 is 0 Å². The molecule has 1 aromatic heterocycles. The van der Waals surface area contributed by atoms with E-state index in [0.717, 1.165) is 17.9 Å². The SMILES string of the molecule is CCN(C/C=C/c1ccccc1)C(=O)CCn1ccnc1C. The molecule has 0 N–H and O–H groups in total. The van der Waals surface area contributed by atoms with Crippen molar-refractivity contribution in [2.75, 3.05) is 13.1 Å². The van der Waals surface area contributed by atoms with E-state index in [4.69, 9.17) is 0 Å². The number of likely N-dealkylation sites (N-methyl/N-ethyl adjacent to an activating group) is 1. The van der Waals surface area contributed by atoms with Gasteiger partial charge in [0.1, 0.15) is 5.82 Å². The van der Waals surface area contributed by atoms with Crippen LogP contribution in [-0.2, 0) is 11.3 Å². The van der Waals surface area contributed by atoms with Crippen LogP contribution in [0, 0.1) is 6.92 Å². The Morgan fingerprint density at radius 3 is 2.73 bits per heavy atom. The Kier molecular flexibility index (Phi) is 5.95. The summed E-state index contributed by atoms with van der Waals surface area (Å²) in [7, 11) is 0. The highest BCUT2D eigenvalue weighted by molar-refractivity contribution is 5.76. The van der Waals surface area contributed by atoms with Crippen molar-refractivity contribution in [2.45, 2.75) is 26.8 Å². The van der Waals surface area contributed by atoms with Crippen LogP contribution in [0.1, 0.15) is 24.7 Å². The van der Waals surface area contributed by atoms with Crippen molar-refractivity contribution in [2.24, 2.45) is 0 Å². The summed E-state index contributed by atoms with van der Waals surface area (Å²) >= 11 is 0. The Bertz CT molecular complexity index is 616. The lowest BCUT2D eigenvalue weighted by atomic mass is 10.2. The molecule has 2 aromatic rings. The molecule has 0 aliphatic carbocycles. The van der Waals surface area contributed by atoms with Gasteiger partial charge in [-0.2, -0.15) is 0 Å². The second kappa shape index (κ2) is 8.17. The van der Waals surface area contributed by atoms with Crippen molar-refractivity contribution in [3.8, 4) is 0 Å². The third-order valence-corrected chi connectivity index (χ3v) is 3.66. The Balaban J connectivity index is 1.84. The fourth-order valence-electron chi connectivity index (χ4n) is 2.30. The number of aromatic nitrogens is 2. The largest absolute Gasteiger partial charge is 0.339 e. The Morgan fingerprint density at radius 2 is 2.09 bits per heavy atom. The van der Waals surface area contributed by atoms with E-state index in [1.165, 1.54) is 0 Å². The summed E-state index contributed by atoms with van der Waals surface area (Å²) in [5.41, 5.74) is 1.15. The highest BCUT2D eigenvalue weighted by atomic mass is 16.2. The number of aryl methyl sites for hydroxylation is 2. The third-order valence-electron chi connectivity index (χ3n) is 3.66. The zero-order valence-electron chi connectivity index (χ0n) is 13.3. The Labute approximate surface area is 132 Å². The van der Waals surface area contributed by atoms with Gasteiger partial charge in [0.25, 0.3) is 0 Å². The lowest BCUT2D eigenvalue weighted by Gasteiger charge is -2.19. The lowest BCUT2D eigenvalue weighted by Crippen LogP contribution is -2.31. The van der Waals surface area contributed by atoms with E-state index in [-0.39, 0.29) is 5.91 Å². The van der Waals surface area contributed by atoms with Crippen molar-refractivity contribution >= 4 is 12.0 Å². The maximum absolute atomic E-state index is 12.3. The molecule has 0 saturated carbocycles. The van der Waals surface area contributed by atoms with Gasteiger partial charge in [-0.25, -0.2) is 4.98 Å². The van der Waals surface area contributed by atoms with Crippen molar-refractivity contribution in [1.82, 2.24) is 14.5 Å². The van der Waals surface area contributed by atoms with Gasteiger partial charge >= 0.3 is 0 Å². The average Bonchev–Trinajstić information content (AvgIpc) is 2.95. The molecule has 1 aromatic carbocycles. The zero-order valence-corrected chi connectivity index (χ0v) is 13.3. The molecule has 1 heterocycles. The Hall–Kier alpha value is -2.36. The minimum Gasteiger partial charge on any atom is -0.339 e. The van der Waals surface area contributed by atoms with Crippen molar-refractivity contribution in [3.63, 3.8) is 0 Å². The van der Waals surface area contributed by atoms with Crippen LogP contribution in [0.4, 0.5) is 0 Å². The predicted octanol–water partition coefficient (Wildman–Crippen LogP) is 3.14. The number of rotatable bonds is 7. The van der Waals surface area contributed by atoms with Gasteiger partial charge in [0.15, 0.2) is 0 Å². The molecule has 0 aliphatic rings. The normalized spacial score (nSPS) is 11.0. The second-order valence-electron chi connectivity index (χ2n) is 5.16. The number of imidazole rings is 1. The molecule has 116 valence electrons. The summed E-state index contributed by atoms with van der Waals surface area (Å²) in [6.07, 6.45) is 8.27. The lowest BCUT2D eigenvalue weighted by molar-refractivity contribution is -0.130. The molecule has 1 amide bonds. The van der Waals surface area contributed by atoms with E-state index in [9.17, 15) is 4.79 Å². The van der Waals surface area contributed by atoms with Gasteiger partial charge in [0.2, 0.25) is 5.91 Å². The van der Waals surface area contributed by atoms with Crippen molar-refractivity contribution in [3.05, 3.63) is 60.2 Å². The van der Waals surface area contributed by atoms with E-state index in [1.807, 2.05) is 53.8 Å². The monoisotopic (exact) mass is 297 g/mol. The quantitative estimate of drug-likeness (QED) is 0.787. The summed E-state index contributed by atoms with van der Waals surface area (Å²) in [4.78, 5) is 18.3. The number of hydrogen-bond acceptors (Lipinski definition) is 2. The molecule has 22 heavy (non-hydrogen) atoms. The standard InChI is InChI=1S/C18H23N3O/c1-3-20(13-7-10-17-8-5-4-6-9-17)18(22)11-14-21-15-12-19-16(21)2/h4-10,12,15H,3,11,13-14H2,1-2H3/b10-7+. The highest BCUT2D eigenvalue weighted by Crippen LogP contribution is 2.04. The first-order valence-electron chi connectivity index (χ1n) is 7.67. The average molecular weight is 297 g/mol. The Morgan fingerprint density at radius 1 is 1.32 bits per heavy atom. The first-order chi connectivity index (χ1) is 10.7. The van der Waals surface area contributed by atoms with Gasteiger partial charge in [-0.1, -0.05) is 42.5 Å². The van der Waals surface area contributed by atoms with Crippen LogP contribution < -0.4 is 0 Å². The van der Waals surface area contributed by atoms with Gasteiger partial charge in [0.05, 0.1) is 0 Å². The van der Waals surface area contributed by atoms with Crippen LogP contribution in [0.15, 0.2) is 48.8 Å². The fourth-order valence-corrected chi connectivity index (χ4v) is 2.30. The summed E-state index contributed by atoms with van der Waals surface area (Å²) in [6.45, 7) is 6.01. The van der Waals surface area contributed by atoms with Crippen LogP contribution in [0.25, 0.3) is 6.08 Å². The maximum Gasteiger partial charge on any atom is 0.224 e. The second-order valence-corrected chi connectivity index (χ2v) is 5.16. The molecule has 0 saturated heterocycles. The van der Waals surface area contributed by atoms with E-state index >= 15 is 0 Å². The molecule has 0 bridgehead atoms. The number of amides is 1. The van der Waals surface area contributed by atoms with Crippen LogP contribution in [-0.4, -0.2) is 33.4 Å². The molecule has 0 unspecified atom stereocenters. The molecule has 0 aliphatic heterocycles. The predicted molar refractivity (Wildman–Crippen MR) is 89.3 cm³/mol. The van der Waals surface area contributed by atoms with Crippen molar-refractivity contribution in [1.29, 1.82) is 0 Å². The molecular weight excluding hydrogens is 274 g/mol. The topological polar surface area (TPSA) is 38.1 Å². The number of hydrogen-bond donors (Lipinski definition) is 0. The van der Waals surface area contributed by atoms with E-state index in [0.29, 0.717) is 19.5 Å². The number of nitrogens with zero attached hydrogens (tertiary/aromatic N) is 3. The first kappa shape index (κ1) is 16.0. The molecule has 4 nitrogen and oxygen atoms in total. The van der Waals surface area contributed by atoms with Crippen LogP contribution in [0.3, 0.4) is 0 Å². The van der Waals surface area contributed by atoms with Gasteiger partial charge in [-0.05, 0) is 19.4 Å². The fraction of sp³-hybridized carbons (Fsp3) is 0.333. The maximum atomic E-state index is 12.3. The molecule has 0 fully saturated rings. The van der Waals surface area contributed by atoms with Crippen LogP contribution in [0.2, 0.25) is 0 Å². The van der Waals surface area contributed by atoms with Crippen LogP contribution >= 0.6 is 0 Å². The minimum absolute atomic E-state index is 0.174. The summed E-state index contributed by atoms with van der Waals surface area (Å²) < 4.78 is 2.01.